The summed E-state index contributed by atoms with van der Waals surface area (Å²) >= 11 is 0. The van der Waals surface area contributed by atoms with Crippen molar-refractivity contribution in [3.05, 3.63) is 29.8 Å². The maximum atomic E-state index is 12.5. The lowest BCUT2D eigenvalue weighted by Gasteiger charge is -2.25. The largest absolute Gasteiger partial charge is 0.490 e. The highest BCUT2D eigenvalue weighted by Crippen LogP contribution is 2.66. The molecule has 0 bridgehead atoms. The van der Waals surface area contributed by atoms with Gasteiger partial charge in [-0.15, -0.1) is 5.23 Å². The molecular formula is C30H52N3O16P3S2. The van der Waals surface area contributed by atoms with Gasteiger partial charge in [0.2, 0.25) is 5.91 Å². The molecule has 8 N–H and O–H groups in total. The lowest BCUT2D eigenvalue weighted by Crippen LogP contribution is -2.36. The number of amides is 2. The van der Waals surface area contributed by atoms with E-state index in [1.54, 1.807) is 0 Å². The van der Waals surface area contributed by atoms with Gasteiger partial charge in [-0.3, -0.25) is 24.5 Å². The number of nitrogens with one attached hydrogen (secondary N) is 2. The number of benzene rings is 1. The predicted octanol–water partition coefficient (Wildman–Crippen LogP) is 5.65. The summed E-state index contributed by atoms with van der Waals surface area (Å²) in [4.78, 5) is 61.8. The number of phosphoric acid groups is 3. The summed E-state index contributed by atoms with van der Waals surface area (Å²) in [5.41, 5.74) is 0.476. The van der Waals surface area contributed by atoms with E-state index in [2.05, 4.69) is 19.3 Å². The van der Waals surface area contributed by atoms with Crippen molar-refractivity contribution in [3.63, 3.8) is 0 Å². The van der Waals surface area contributed by atoms with Crippen molar-refractivity contribution < 1.29 is 75.9 Å². The molecule has 1 heterocycles. The molecule has 0 radical (unpaired) electrons. The molecule has 1 aromatic carbocycles. The number of carbonyl (C=O) groups excluding carboxylic acids is 2. The van der Waals surface area contributed by atoms with Crippen LogP contribution in [0, 0.1) is 5.92 Å². The number of ether oxygens (including phenoxy) is 2. The standard InChI is InChI=1S/C30H52N3O16P3S2/c1-30(2,20-32-28(34)12-8-9-17-31-29(35)23-13-15-24(16-14-23)33(36)37)54-53-21-45-26-18-25(22-10-6-4-3-5-7-11-22)47-27(26)19-46-51(41,42)49-52(43,44)48-50(38,39)40/h13-16,22,25-27,36-37H,3-12,17-21H2,1-2H3,(H,31,35)(H,32,34)(H,41,42)(H,43,44)(H2,38,39,40)/t25-,26-,27?/m1/s1. The maximum Gasteiger partial charge on any atom is 0.490 e. The van der Waals surface area contributed by atoms with Crippen LogP contribution >= 0.6 is 45.1 Å². The lowest BCUT2D eigenvalue weighted by atomic mass is 9.86. The second kappa shape index (κ2) is 22.2. The molecule has 1 aliphatic carbocycles. The normalized spacial score (nSPS) is 22.4. The molecule has 3 rings (SSSR count). The van der Waals surface area contributed by atoms with Gasteiger partial charge in [0.1, 0.15) is 12.0 Å². The average Bonchev–Trinajstić information content (AvgIpc) is 3.45. The highest BCUT2D eigenvalue weighted by molar-refractivity contribution is 8.77. The van der Waals surface area contributed by atoms with Crippen LogP contribution in [0.15, 0.2) is 24.3 Å². The molecule has 5 atom stereocenters. The summed E-state index contributed by atoms with van der Waals surface area (Å²) in [6, 6.07) is 5.69. The zero-order valence-electron chi connectivity index (χ0n) is 30.1. The fourth-order valence-corrected chi connectivity index (χ4v) is 11.1. The van der Waals surface area contributed by atoms with E-state index < -0.39 is 42.3 Å². The van der Waals surface area contributed by atoms with Gasteiger partial charge in [-0.25, -0.2) is 13.7 Å². The third kappa shape index (κ3) is 18.4. The van der Waals surface area contributed by atoms with E-state index >= 15 is 0 Å². The fourth-order valence-electron chi connectivity index (χ4n) is 5.89. The second-order valence-corrected chi connectivity index (χ2v) is 20.9. The van der Waals surface area contributed by atoms with E-state index in [0.717, 1.165) is 38.5 Å². The third-order valence-corrected chi connectivity index (χ3v) is 15.3. The first-order valence-corrected chi connectivity index (χ1v) is 24.3. The van der Waals surface area contributed by atoms with Crippen LogP contribution in [0.1, 0.15) is 94.8 Å². The molecule has 0 spiro atoms. The molecule has 0 aromatic heterocycles. The van der Waals surface area contributed by atoms with E-state index in [9.17, 15) is 33.1 Å². The predicted molar refractivity (Wildman–Crippen MR) is 200 cm³/mol. The zero-order valence-corrected chi connectivity index (χ0v) is 34.4. The van der Waals surface area contributed by atoms with Gasteiger partial charge >= 0.3 is 23.5 Å². The maximum absolute atomic E-state index is 12.5. The Morgan fingerprint density at radius 3 is 2.20 bits per heavy atom. The Balaban J connectivity index is 1.41. The van der Waals surface area contributed by atoms with Crippen molar-refractivity contribution in [1.82, 2.24) is 10.6 Å². The molecule has 19 nitrogen and oxygen atoms in total. The van der Waals surface area contributed by atoms with Crippen LogP contribution in [-0.2, 0) is 41.1 Å². The molecule has 24 heteroatoms. The van der Waals surface area contributed by atoms with Crippen LogP contribution in [-0.4, -0.2) is 90.5 Å². The number of hydrogen-bond acceptors (Lipinski definition) is 15. The number of rotatable bonds is 22. The minimum atomic E-state index is -5.66. The van der Waals surface area contributed by atoms with E-state index in [0.29, 0.717) is 37.9 Å². The SMILES string of the molecule is CC(C)(CNC(=O)CCCCNC(=O)c1ccc(N(O)O)cc1)SSCO[C@@H]1C[C@H](C2CCCCCCC2)OC1COP(=O)(O)OP(=O)(O)OP(=O)(O)O. The summed E-state index contributed by atoms with van der Waals surface area (Å²) in [6.07, 6.45) is 7.67. The van der Waals surface area contributed by atoms with Gasteiger partial charge in [0.15, 0.2) is 0 Å². The van der Waals surface area contributed by atoms with E-state index in [1.807, 2.05) is 13.8 Å². The van der Waals surface area contributed by atoms with Crippen molar-refractivity contribution in [1.29, 1.82) is 0 Å². The Morgan fingerprint density at radius 1 is 0.926 bits per heavy atom. The smallest absolute Gasteiger partial charge is 0.369 e. The van der Waals surface area contributed by atoms with Crippen LogP contribution in [0.4, 0.5) is 5.69 Å². The molecule has 310 valence electrons. The molecular weight excluding hydrogens is 815 g/mol. The van der Waals surface area contributed by atoms with Crippen LogP contribution in [0.2, 0.25) is 0 Å². The molecule has 1 saturated heterocycles. The number of phosphoric ester groups is 1. The number of hydrogen-bond donors (Lipinski definition) is 8. The summed E-state index contributed by atoms with van der Waals surface area (Å²) in [5, 5.41) is 23.7. The summed E-state index contributed by atoms with van der Waals surface area (Å²) < 4.78 is 59.6. The van der Waals surface area contributed by atoms with E-state index in [-0.39, 0.29) is 51.9 Å². The van der Waals surface area contributed by atoms with Gasteiger partial charge < -0.3 is 39.7 Å². The van der Waals surface area contributed by atoms with E-state index in [1.165, 1.54) is 52.3 Å². The molecule has 54 heavy (non-hydrogen) atoms. The summed E-state index contributed by atoms with van der Waals surface area (Å²) in [7, 11) is -13.6. The highest BCUT2D eigenvalue weighted by atomic mass is 33.1. The molecule has 2 aliphatic rings. The van der Waals surface area contributed by atoms with Crippen LogP contribution in [0.5, 0.6) is 0 Å². The molecule has 2 fully saturated rings. The minimum Gasteiger partial charge on any atom is -0.369 e. The van der Waals surface area contributed by atoms with E-state index in [4.69, 9.17) is 34.2 Å². The molecule has 1 saturated carbocycles. The van der Waals surface area contributed by atoms with Crippen molar-refractivity contribution in [2.24, 2.45) is 5.92 Å². The molecule has 1 aliphatic heterocycles. The van der Waals surface area contributed by atoms with Gasteiger partial charge in [0.05, 0.1) is 24.5 Å². The molecule has 2 amide bonds. The van der Waals surface area contributed by atoms with Gasteiger partial charge in [-0.1, -0.05) is 53.7 Å². The van der Waals surface area contributed by atoms with Gasteiger partial charge in [-0.2, -0.15) is 8.62 Å². The third-order valence-electron chi connectivity index (χ3n) is 8.52. The number of anilines is 1. The van der Waals surface area contributed by atoms with Crippen molar-refractivity contribution in [2.45, 2.75) is 108 Å². The highest BCUT2D eigenvalue weighted by Gasteiger charge is 2.44. The first-order valence-electron chi connectivity index (χ1n) is 17.4. The average molecular weight is 868 g/mol. The number of unbranched alkanes of at least 4 members (excludes halogenated alkanes) is 1. The van der Waals surface area contributed by atoms with Gasteiger partial charge in [0, 0.05) is 36.2 Å². The molecule has 3 unspecified atom stereocenters. The zero-order chi connectivity index (χ0) is 40.0. The Bertz CT molecular complexity index is 1480. The first kappa shape index (κ1) is 47.3. The lowest BCUT2D eigenvalue weighted by molar-refractivity contribution is -0.121. The quantitative estimate of drug-likeness (QED) is 0.0230. The Labute approximate surface area is 322 Å². The van der Waals surface area contributed by atoms with Crippen molar-refractivity contribution in [3.8, 4) is 0 Å². The molecule has 1 aromatic rings. The van der Waals surface area contributed by atoms with Crippen LogP contribution in [0.25, 0.3) is 0 Å². The van der Waals surface area contributed by atoms with Crippen LogP contribution in [0.3, 0.4) is 0 Å². The number of carbonyl (C=O) groups is 2. The Morgan fingerprint density at radius 2 is 1.57 bits per heavy atom. The minimum absolute atomic E-state index is 0.0427. The van der Waals surface area contributed by atoms with Crippen molar-refractivity contribution >= 4 is 62.6 Å². The Hall–Kier alpha value is -1.09. The summed E-state index contributed by atoms with van der Waals surface area (Å²) in [5.74, 6) is -0.0206. The first-order chi connectivity index (χ1) is 25.2. The van der Waals surface area contributed by atoms with Crippen LogP contribution < -0.4 is 15.9 Å². The summed E-state index contributed by atoms with van der Waals surface area (Å²) in [6.45, 7) is 4.07. The van der Waals surface area contributed by atoms with Gasteiger partial charge in [-0.05, 0) is 69.7 Å². The topological polar surface area (TPSA) is 280 Å². The monoisotopic (exact) mass is 867 g/mol. The second-order valence-electron chi connectivity index (χ2n) is 13.6. The fraction of sp³-hybridized carbons (Fsp3) is 0.733. The van der Waals surface area contributed by atoms with Gasteiger partial charge in [0.25, 0.3) is 5.91 Å². The Kier molecular flexibility index (Phi) is 19.4. The number of nitrogens with zero attached hydrogens (tertiary/aromatic N) is 1. The van der Waals surface area contributed by atoms with Crippen molar-refractivity contribution in [2.75, 3.05) is 30.9 Å².